The van der Waals surface area contributed by atoms with Crippen LogP contribution in [0.4, 0.5) is 5.69 Å². The molecule has 0 fully saturated rings. The van der Waals surface area contributed by atoms with Crippen LogP contribution >= 0.6 is 0 Å². The molecule has 0 saturated carbocycles. The zero-order valence-electron chi connectivity index (χ0n) is 16.5. The van der Waals surface area contributed by atoms with Crippen molar-refractivity contribution in [1.29, 1.82) is 0 Å². The predicted molar refractivity (Wildman–Crippen MR) is 113 cm³/mol. The molecular formula is C24H27NO2. The van der Waals surface area contributed by atoms with Crippen LogP contribution in [0.5, 0.6) is 5.75 Å². The Bertz CT molecular complexity index is 937. The van der Waals surface area contributed by atoms with Gasteiger partial charge in [0.15, 0.2) is 0 Å². The number of anilines is 1. The summed E-state index contributed by atoms with van der Waals surface area (Å²) in [7, 11) is 1.65. The van der Waals surface area contributed by atoms with Crippen molar-refractivity contribution in [1.82, 2.24) is 0 Å². The Kier molecular flexibility index (Phi) is 5.50. The van der Waals surface area contributed by atoms with E-state index in [-0.39, 0.29) is 11.3 Å². The number of aryl methyl sites for hydroxylation is 1. The second-order valence-corrected chi connectivity index (χ2v) is 7.85. The molecule has 0 aromatic heterocycles. The number of nitrogens with one attached hydrogen (secondary N) is 1. The zero-order chi connectivity index (χ0) is 19.4. The minimum atomic E-state index is 0.0273. The molecule has 3 aromatic rings. The number of amides is 1. The largest absolute Gasteiger partial charge is 0.497 e. The van der Waals surface area contributed by atoms with E-state index in [1.165, 1.54) is 10.9 Å². The fourth-order valence-electron chi connectivity index (χ4n) is 3.34. The SMILES string of the molecule is COc1ccc(CCC(=O)Nc2cccc3c(C(C)(C)C)cccc23)cc1. The van der Waals surface area contributed by atoms with Crippen molar-refractivity contribution < 1.29 is 9.53 Å². The van der Waals surface area contributed by atoms with Gasteiger partial charge in [0.2, 0.25) is 5.91 Å². The van der Waals surface area contributed by atoms with Gasteiger partial charge in [0.1, 0.15) is 5.75 Å². The fourth-order valence-corrected chi connectivity index (χ4v) is 3.34. The first-order valence-corrected chi connectivity index (χ1v) is 9.33. The third-order valence-corrected chi connectivity index (χ3v) is 4.80. The Balaban J connectivity index is 1.75. The summed E-state index contributed by atoms with van der Waals surface area (Å²) >= 11 is 0. The molecule has 27 heavy (non-hydrogen) atoms. The van der Waals surface area contributed by atoms with Crippen LogP contribution in [0.1, 0.15) is 38.3 Å². The van der Waals surface area contributed by atoms with Crippen LogP contribution in [0.25, 0.3) is 10.8 Å². The Morgan fingerprint density at radius 2 is 1.59 bits per heavy atom. The number of rotatable bonds is 5. The number of fused-ring (bicyclic) bond motifs is 1. The van der Waals surface area contributed by atoms with E-state index in [0.717, 1.165) is 22.4 Å². The monoisotopic (exact) mass is 361 g/mol. The van der Waals surface area contributed by atoms with E-state index in [1.54, 1.807) is 7.11 Å². The molecule has 3 aromatic carbocycles. The van der Waals surface area contributed by atoms with Crippen LogP contribution < -0.4 is 10.1 Å². The second kappa shape index (κ2) is 7.83. The number of hydrogen-bond acceptors (Lipinski definition) is 2. The van der Waals surface area contributed by atoms with Crippen molar-refractivity contribution in [2.45, 2.75) is 39.0 Å². The predicted octanol–water partition coefficient (Wildman–Crippen LogP) is 5.72. The maximum atomic E-state index is 12.5. The summed E-state index contributed by atoms with van der Waals surface area (Å²) in [5, 5.41) is 5.37. The van der Waals surface area contributed by atoms with Gasteiger partial charge in [-0.05, 0) is 46.5 Å². The lowest BCUT2D eigenvalue weighted by molar-refractivity contribution is -0.116. The van der Waals surface area contributed by atoms with Crippen molar-refractivity contribution in [2.24, 2.45) is 0 Å². The summed E-state index contributed by atoms with van der Waals surface area (Å²) in [6.45, 7) is 6.63. The molecule has 140 valence electrons. The lowest BCUT2D eigenvalue weighted by Crippen LogP contribution is -2.14. The summed E-state index contributed by atoms with van der Waals surface area (Å²) in [6, 6.07) is 20.3. The summed E-state index contributed by atoms with van der Waals surface area (Å²) in [5.74, 6) is 0.855. The lowest BCUT2D eigenvalue weighted by atomic mass is 9.83. The van der Waals surface area contributed by atoms with Crippen LogP contribution in [-0.2, 0) is 16.6 Å². The molecule has 3 nitrogen and oxygen atoms in total. The van der Waals surface area contributed by atoms with E-state index in [4.69, 9.17) is 4.74 Å². The van der Waals surface area contributed by atoms with Crippen LogP contribution in [0.15, 0.2) is 60.7 Å². The number of benzene rings is 3. The van der Waals surface area contributed by atoms with Gasteiger partial charge in [0, 0.05) is 17.5 Å². The topological polar surface area (TPSA) is 38.3 Å². The average Bonchev–Trinajstić information content (AvgIpc) is 2.66. The molecule has 3 rings (SSSR count). The summed E-state index contributed by atoms with van der Waals surface area (Å²) in [4.78, 5) is 12.5. The lowest BCUT2D eigenvalue weighted by Gasteiger charge is -2.22. The smallest absolute Gasteiger partial charge is 0.224 e. The second-order valence-electron chi connectivity index (χ2n) is 7.85. The van der Waals surface area contributed by atoms with Gasteiger partial charge < -0.3 is 10.1 Å². The molecule has 0 unspecified atom stereocenters. The van der Waals surface area contributed by atoms with Crippen molar-refractivity contribution in [2.75, 3.05) is 12.4 Å². The molecule has 0 spiro atoms. The maximum Gasteiger partial charge on any atom is 0.224 e. The molecule has 0 atom stereocenters. The van der Waals surface area contributed by atoms with Crippen molar-refractivity contribution in [3.8, 4) is 5.75 Å². The van der Waals surface area contributed by atoms with E-state index in [0.29, 0.717) is 12.8 Å². The van der Waals surface area contributed by atoms with Crippen molar-refractivity contribution >= 4 is 22.4 Å². The highest BCUT2D eigenvalue weighted by atomic mass is 16.5. The molecule has 0 saturated heterocycles. The van der Waals surface area contributed by atoms with Crippen molar-refractivity contribution in [3.63, 3.8) is 0 Å². The molecule has 0 radical (unpaired) electrons. The molecule has 0 heterocycles. The molecular weight excluding hydrogens is 334 g/mol. The summed E-state index contributed by atoms with van der Waals surface area (Å²) in [6.07, 6.45) is 1.15. The van der Waals surface area contributed by atoms with Crippen LogP contribution in [0.2, 0.25) is 0 Å². The highest BCUT2D eigenvalue weighted by Crippen LogP contribution is 2.33. The number of ether oxygens (including phenoxy) is 1. The van der Waals surface area contributed by atoms with Gasteiger partial charge in [-0.1, -0.05) is 63.2 Å². The summed E-state index contributed by atoms with van der Waals surface area (Å²) < 4.78 is 5.17. The number of hydrogen-bond donors (Lipinski definition) is 1. The Morgan fingerprint density at radius 1 is 0.926 bits per heavy atom. The quantitative estimate of drug-likeness (QED) is 0.631. The Labute approximate surface area is 161 Å². The number of carbonyl (C=O) groups excluding carboxylic acids is 1. The van der Waals surface area contributed by atoms with E-state index in [2.05, 4.69) is 50.4 Å². The minimum absolute atomic E-state index is 0.0273. The van der Waals surface area contributed by atoms with Gasteiger partial charge in [-0.25, -0.2) is 0 Å². The normalized spacial score (nSPS) is 11.4. The molecule has 0 bridgehead atoms. The van der Waals surface area contributed by atoms with Gasteiger partial charge >= 0.3 is 0 Å². The first-order chi connectivity index (χ1) is 12.9. The van der Waals surface area contributed by atoms with Crippen LogP contribution in [-0.4, -0.2) is 13.0 Å². The fraction of sp³-hybridized carbons (Fsp3) is 0.292. The molecule has 1 N–H and O–H groups in total. The van der Waals surface area contributed by atoms with Crippen molar-refractivity contribution in [3.05, 3.63) is 71.8 Å². The highest BCUT2D eigenvalue weighted by Gasteiger charge is 2.17. The van der Waals surface area contributed by atoms with E-state index in [9.17, 15) is 4.79 Å². The highest BCUT2D eigenvalue weighted by molar-refractivity contribution is 6.03. The maximum absolute atomic E-state index is 12.5. The third kappa shape index (κ3) is 4.48. The van der Waals surface area contributed by atoms with Gasteiger partial charge in [-0.15, -0.1) is 0 Å². The van der Waals surface area contributed by atoms with E-state index >= 15 is 0 Å². The number of methoxy groups -OCH3 is 1. The first kappa shape index (κ1) is 19.0. The van der Waals surface area contributed by atoms with Gasteiger partial charge in [-0.3, -0.25) is 4.79 Å². The summed E-state index contributed by atoms with van der Waals surface area (Å²) in [5.41, 5.74) is 3.34. The van der Waals surface area contributed by atoms with Crippen LogP contribution in [0, 0.1) is 0 Å². The van der Waals surface area contributed by atoms with E-state index < -0.39 is 0 Å². The van der Waals surface area contributed by atoms with Gasteiger partial charge in [0.25, 0.3) is 0 Å². The molecule has 0 aliphatic rings. The third-order valence-electron chi connectivity index (χ3n) is 4.80. The molecule has 3 heteroatoms. The van der Waals surface area contributed by atoms with E-state index in [1.807, 2.05) is 36.4 Å². The minimum Gasteiger partial charge on any atom is -0.497 e. The van der Waals surface area contributed by atoms with Crippen LogP contribution in [0.3, 0.4) is 0 Å². The standard InChI is InChI=1S/C24H27NO2/c1-24(2,3)21-9-5-8-20-19(21)7-6-10-22(20)25-23(26)16-13-17-11-14-18(27-4)15-12-17/h5-12,14-15H,13,16H2,1-4H3,(H,25,26). The Hall–Kier alpha value is -2.81. The average molecular weight is 361 g/mol. The number of carbonyl (C=O) groups is 1. The molecule has 1 amide bonds. The Morgan fingerprint density at radius 3 is 2.26 bits per heavy atom. The molecule has 0 aliphatic heterocycles. The molecule has 0 aliphatic carbocycles. The van der Waals surface area contributed by atoms with Gasteiger partial charge in [-0.2, -0.15) is 0 Å². The first-order valence-electron chi connectivity index (χ1n) is 9.33. The zero-order valence-corrected chi connectivity index (χ0v) is 16.5. The van der Waals surface area contributed by atoms with Gasteiger partial charge in [0.05, 0.1) is 7.11 Å².